The van der Waals surface area contributed by atoms with E-state index in [9.17, 15) is 14.0 Å². The van der Waals surface area contributed by atoms with Gasteiger partial charge >= 0.3 is 0 Å². The van der Waals surface area contributed by atoms with Gasteiger partial charge in [-0.25, -0.2) is 4.39 Å². The average Bonchev–Trinajstić information content (AvgIpc) is 2.40. The van der Waals surface area contributed by atoms with Crippen molar-refractivity contribution in [3.8, 4) is 0 Å². The number of nitrogens with one attached hydrogen (secondary N) is 1. The van der Waals surface area contributed by atoms with Crippen LogP contribution in [0.5, 0.6) is 0 Å². The summed E-state index contributed by atoms with van der Waals surface area (Å²) in [6.07, 6.45) is 1.05. The van der Waals surface area contributed by atoms with Crippen LogP contribution in [0.1, 0.15) is 35.7 Å². The second-order valence-electron chi connectivity index (χ2n) is 4.76. The number of primary amides is 1. The van der Waals surface area contributed by atoms with Crippen molar-refractivity contribution in [2.45, 2.75) is 26.7 Å². The van der Waals surface area contributed by atoms with Crippen LogP contribution in [0.2, 0.25) is 0 Å². The first kappa shape index (κ1) is 16.1. The van der Waals surface area contributed by atoms with E-state index in [-0.39, 0.29) is 35.1 Å². The summed E-state index contributed by atoms with van der Waals surface area (Å²) in [7, 11) is 0. The largest absolute Gasteiger partial charge is 0.366 e. The number of carbonyl (C=O) groups is 2. The Labute approximate surface area is 117 Å². The zero-order valence-corrected chi connectivity index (χ0v) is 11.7. The fourth-order valence-electron chi connectivity index (χ4n) is 1.81. The molecule has 0 aliphatic heterocycles. The Balaban J connectivity index is 2.91. The van der Waals surface area contributed by atoms with E-state index < -0.39 is 11.7 Å². The first-order chi connectivity index (χ1) is 9.38. The Bertz CT molecular complexity index is 513. The van der Waals surface area contributed by atoms with E-state index in [1.165, 1.54) is 13.0 Å². The second kappa shape index (κ2) is 7.00. The van der Waals surface area contributed by atoms with Crippen LogP contribution in [0.3, 0.4) is 0 Å². The van der Waals surface area contributed by atoms with Crippen molar-refractivity contribution in [3.05, 3.63) is 29.1 Å². The topological polar surface area (TPSA) is 98.2 Å². The van der Waals surface area contributed by atoms with Gasteiger partial charge in [-0.15, -0.1) is 0 Å². The zero-order valence-electron chi connectivity index (χ0n) is 11.7. The van der Waals surface area contributed by atoms with Crippen molar-refractivity contribution in [1.29, 1.82) is 0 Å². The highest BCUT2D eigenvalue weighted by atomic mass is 19.1. The molecule has 1 unspecified atom stereocenters. The quantitative estimate of drug-likeness (QED) is 0.737. The molecule has 1 rings (SSSR count). The molecule has 110 valence electrons. The summed E-state index contributed by atoms with van der Waals surface area (Å²) in [5, 5.41) is 2.60. The Morgan fingerprint density at radius 1 is 1.40 bits per heavy atom. The molecule has 5 N–H and O–H groups in total. The highest BCUT2D eigenvalue weighted by Gasteiger charge is 2.15. The molecule has 5 nitrogen and oxygen atoms in total. The van der Waals surface area contributed by atoms with Crippen LogP contribution in [0.4, 0.5) is 10.1 Å². The van der Waals surface area contributed by atoms with E-state index in [2.05, 4.69) is 5.32 Å². The van der Waals surface area contributed by atoms with Crippen LogP contribution < -0.4 is 16.8 Å². The van der Waals surface area contributed by atoms with Gasteiger partial charge in [-0.3, -0.25) is 9.59 Å². The molecule has 0 saturated carbocycles. The first-order valence-corrected chi connectivity index (χ1v) is 6.48. The van der Waals surface area contributed by atoms with Crippen LogP contribution in [0.25, 0.3) is 0 Å². The predicted molar refractivity (Wildman–Crippen MR) is 75.7 cm³/mol. The first-order valence-electron chi connectivity index (χ1n) is 6.48. The lowest BCUT2D eigenvalue weighted by Crippen LogP contribution is -2.22. The van der Waals surface area contributed by atoms with Crippen LogP contribution in [0.15, 0.2) is 12.1 Å². The van der Waals surface area contributed by atoms with Gasteiger partial charge in [0.15, 0.2) is 0 Å². The van der Waals surface area contributed by atoms with Gasteiger partial charge in [0.25, 0.3) is 0 Å². The van der Waals surface area contributed by atoms with Gasteiger partial charge in [-0.1, -0.05) is 13.3 Å². The minimum Gasteiger partial charge on any atom is -0.366 e. The molecule has 0 radical (unpaired) electrons. The van der Waals surface area contributed by atoms with Crippen molar-refractivity contribution in [3.63, 3.8) is 0 Å². The number of halogens is 1. The predicted octanol–water partition coefficient (Wildman–Crippen LogP) is 1.55. The van der Waals surface area contributed by atoms with Crippen molar-refractivity contribution in [2.24, 2.45) is 17.4 Å². The second-order valence-corrected chi connectivity index (χ2v) is 4.76. The van der Waals surface area contributed by atoms with Gasteiger partial charge in [0.1, 0.15) is 5.82 Å². The van der Waals surface area contributed by atoms with Gasteiger partial charge in [0.2, 0.25) is 11.8 Å². The van der Waals surface area contributed by atoms with E-state index in [1.54, 1.807) is 0 Å². The van der Waals surface area contributed by atoms with Crippen molar-refractivity contribution in [1.82, 2.24) is 0 Å². The number of nitrogens with two attached hydrogens (primary N) is 2. The van der Waals surface area contributed by atoms with Crippen molar-refractivity contribution < 1.29 is 14.0 Å². The summed E-state index contributed by atoms with van der Waals surface area (Å²) in [4.78, 5) is 23.0. The Kier molecular flexibility index (Phi) is 5.64. The van der Waals surface area contributed by atoms with Gasteiger partial charge in [-0.2, -0.15) is 0 Å². The fraction of sp³-hybridized carbons (Fsp3) is 0.429. The maximum absolute atomic E-state index is 13.7. The highest BCUT2D eigenvalue weighted by Crippen LogP contribution is 2.21. The lowest BCUT2D eigenvalue weighted by molar-refractivity contribution is -0.117. The lowest BCUT2D eigenvalue weighted by Gasteiger charge is -2.14. The Morgan fingerprint density at radius 2 is 2.05 bits per heavy atom. The fourth-order valence-corrected chi connectivity index (χ4v) is 1.81. The molecule has 20 heavy (non-hydrogen) atoms. The molecule has 1 aromatic rings. The number of benzene rings is 1. The number of anilines is 1. The SMILES string of the molecule is CCC(CN)CC(=O)Nc1cc(C(N)=O)cc(F)c1C. The van der Waals surface area contributed by atoms with Gasteiger partial charge < -0.3 is 16.8 Å². The smallest absolute Gasteiger partial charge is 0.248 e. The van der Waals surface area contributed by atoms with E-state index in [4.69, 9.17) is 11.5 Å². The molecule has 0 aliphatic rings. The summed E-state index contributed by atoms with van der Waals surface area (Å²) in [5.41, 5.74) is 11.2. The number of amides is 2. The number of rotatable bonds is 6. The standard InChI is InChI=1S/C14H20FN3O2/c1-3-9(7-16)4-13(19)18-12-6-10(14(17)20)5-11(15)8(12)2/h5-6,9H,3-4,7,16H2,1-2H3,(H2,17,20)(H,18,19). The molecule has 1 aromatic carbocycles. The molecule has 2 amide bonds. The lowest BCUT2D eigenvalue weighted by atomic mass is 10.0. The summed E-state index contributed by atoms with van der Waals surface area (Å²) in [6, 6.07) is 2.43. The van der Waals surface area contributed by atoms with Crippen LogP contribution in [-0.4, -0.2) is 18.4 Å². The van der Waals surface area contributed by atoms with Crippen molar-refractivity contribution in [2.75, 3.05) is 11.9 Å². The normalized spacial score (nSPS) is 12.0. The summed E-state index contributed by atoms with van der Waals surface area (Å²) in [5.74, 6) is -1.50. The minimum absolute atomic E-state index is 0.0225. The third-order valence-electron chi connectivity index (χ3n) is 3.29. The number of hydrogen-bond donors (Lipinski definition) is 3. The molecule has 6 heteroatoms. The molecular weight excluding hydrogens is 261 g/mol. The van der Waals surface area contributed by atoms with Crippen LogP contribution in [0, 0.1) is 18.7 Å². The van der Waals surface area contributed by atoms with Crippen molar-refractivity contribution >= 4 is 17.5 Å². The Hall–Kier alpha value is -1.95. The molecule has 1 atom stereocenters. The summed E-state index contributed by atoms with van der Waals surface area (Å²) >= 11 is 0. The van der Waals surface area contributed by atoms with E-state index >= 15 is 0 Å². The van der Waals surface area contributed by atoms with Gasteiger partial charge in [-0.05, 0) is 31.5 Å². The molecule has 0 aliphatic carbocycles. The number of carbonyl (C=O) groups excluding carboxylic acids is 2. The molecule has 0 fully saturated rings. The molecular formula is C14H20FN3O2. The zero-order chi connectivity index (χ0) is 15.3. The van der Waals surface area contributed by atoms with E-state index in [0.29, 0.717) is 6.54 Å². The third-order valence-corrected chi connectivity index (χ3v) is 3.29. The van der Waals surface area contributed by atoms with E-state index in [0.717, 1.165) is 12.5 Å². The van der Waals surface area contributed by atoms with Gasteiger partial charge in [0.05, 0.1) is 0 Å². The average molecular weight is 281 g/mol. The highest BCUT2D eigenvalue weighted by molar-refractivity contribution is 5.97. The third kappa shape index (κ3) is 4.03. The Morgan fingerprint density at radius 3 is 2.55 bits per heavy atom. The van der Waals surface area contributed by atoms with Crippen LogP contribution in [-0.2, 0) is 4.79 Å². The minimum atomic E-state index is -0.743. The monoisotopic (exact) mass is 281 g/mol. The molecule has 0 bridgehead atoms. The summed E-state index contributed by atoms with van der Waals surface area (Å²) < 4.78 is 13.7. The van der Waals surface area contributed by atoms with E-state index in [1.807, 2.05) is 6.92 Å². The maximum atomic E-state index is 13.7. The van der Waals surface area contributed by atoms with Crippen LogP contribution >= 0.6 is 0 Å². The number of hydrogen-bond acceptors (Lipinski definition) is 3. The molecule has 0 heterocycles. The van der Waals surface area contributed by atoms with Gasteiger partial charge in [0, 0.05) is 23.2 Å². The molecule has 0 spiro atoms. The maximum Gasteiger partial charge on any atom is 0.248 e. The molecule has 0 saturated heterocycles. The molecule has 0 aromatic heterocycles. The summed E-state index contributed by atoms with van der Waals surface area (Å²) in [6.45, 7) is 3.89.